The van der Waals surface area contributed by atoms with Crippen LogP contribution in [0.4, 0.5) is 66.4 Å². The van der Waals surface area contributed by atoms with E-state index in [1.807, 2.05) is 55.4 Å². The fraction of sp³-hybridized carbons (Fsp3) is 0.540. The van der Waals surface area contributed by atoms with Crippen LogP contribution in [0.25, 0.3) is 22.6 Å². The Bertz CT molecular complexity index is 6670. The lowest BCUT2D eigenvalue weighted by Gasteiger charge is -2.34. The molecule has 0 aliphatic heterocycles. The highest BCUT2D eigenvalue weighted by Crippen LogP contribution is 2.38. The zero-order valence-corrected chi connectivity index (χ0v) is 88.4. The van der Waals surface area contributed by atoms with Gasteiger partial charge in [0, 0.05) is 114 Å². The molecule has 45 heteroatoms. The molecular weight excluding hydrogens is 1910 g/mol. The van der Waals surface area contributed by atoms with Gasteiger partial charge in [0.05, 0.1) is 58.4 Å². The minimum absolute atomic E-state index is 0.0215. The average Bonchev–Trinajstić information content (AvgIpc) is 1.64. The van der Waals surface area contributed by atoms with Crippen LogP contribution < -0.4 is 69.4 Å². The zero-order chi connectivity index (χ0) is 107. The number of nitrogen functional groups attached to an aromatic ring is 1. The van der Waals surface area contributed by atoms with E-state index in [0.717, 1.165) is 83.2 Å². The summed E-state index contributed by atoms with van der Waals surface area (Å²) in [6.07, 6.45) is 21.8. The van der Waals surface area contributed by atoms with E-state index in [4.69, 9.17) is 54.0 Å². The number of aromatic nitrogens is 15. The summed E-state index contributed by atoms with van der Waals surface area (Å²) in [5, 5.41) is 82.1. The van der Waals surface area contributed by atoms with Crippen LogP contribution in [0, 0.1) is 5.92 Å². The summed E-state index contributed by atoms with van der Waals surface area (Å²) in [6, 6.07) is 16.5. The fourth-order valence-electron chi connectivity index (χ4n) is 17.3. The number of carbonyl (C=O) groups excluding carboxylic acids is 6. The smallest absolute Gasteiger partial charge is 0.415 e. The van der Waals surface area contributed by atoms with Gasteiger partial charge in [0.15, 0.2) is 28.4 Å². The Kier molecular flexibility index (Phi) is 36.8. The summed E-state index contributed by atoms with van der Waals surface area (Å²) in [4.78, 5) is 146. The van der Waals surface area contributed by atoms with Crippen LogP contribution in [0.1, 0.15) is 300 Å². The van der Waals surface area contributed by atoms with Crippen LogP contribution in [-0.2, 0) is 14.2 Å². The van der Waals surface area contributed by atoms with Crippen molar-refractivity contribution in [2.24, 2.45) is 11.7 Å². The number of carbonyl (C=O) groups is 7. The third-order valence-corrected chi connectivity index (χ3v) is 24.7. The van der Waals surface area contributed by atoms with Crippen molar-refractivity contribution < 1.29 is 73.3 Å². The van der Waals surface area contributed by atoms with Crippen molar-refractivity contribution in [2.45, 2.75) is 316 Å². The summed E-state index contributed by atoms with van der Waals surface area (Å²) < 4.78 is 26.6. The first-order valence-electron chi connectivity index (χ1n) is 48.4. The van der Waals surface area contributed by atoms with Gasteiger partial charge >= 0.3 is 24.2 Å². The van der Waals surface area contributed by atoms with Crippen molar-refractivity contribution in [2.75, 3.05) is 64.6 Å². The van der Waals surface area contributed by atoms with E-state index in [9.17, 15) is 68.4 Å². The van der Waals surface area contributed by atoms with E-state index in [1.165, 1.54) is 73.1 Å². The second-order valence-electron chi connectivity index (χ2n) is 42.2. The molecule has 0 aromatic carbocycles. The number of nitrogens with two attached hydrogens (primary N) is 2. The summed E-state index contributed by atoms with van der Waals surface area (Å²) >= 11 is 12.1. The summed E-state index contributed by atoms with van der Waals surface area (Å²) in [6.45, 7) is 34.7. The largest absolute Gasteiger partial charge is 0.477 e. The molecule has 4 aliphatic rings. The van der Waals surface area contributed by atoms with Gasteiger partial charge in [-0.25, -0.2) is 39.1 Å². The minimum Gasteiger partial charge on any atom is -0.477 e. The van der Waals surface area contributed by atoms with Crippen LogP contribution >= 0.6 is 23.2 Å². The maximum absolute atomic E-state index is 13.4. The number of carboxylic acid groups (broad SMARTS) is 1. The first-order chi connectivity index (χ1) is 67.5. The molecule has 11 aromatic rings. The second kappa shape index (κ2) is 46.9. The molecule has 0 radical (unpaired) electrons. The van der Waals surface area contributed by atoms with Gasteiger partial charge in [-0.3, -0.25) is 43.5 Å². The van der Waals surface area contributed by atoms with Crippen LogP contribution in [0.5, 0.6) is 0 Å². The number of hydrogen-bond donors (Lipinski definition) is 12. The SMILES string of the molecule is CC(C)n1cccc(N)c1=O.CC(C)n1cccc(Nc2cc(N(C)C(=O)OC(C)(C)C)n3ncc(C(=O)NC4CCC[C@@](C)(O)C4)c3n2)c1=O.CN(C(=O)OC(C)(C)C)c1cc(Cl)nc2c(C(=O)CC3CCC[C@@](C)(O)C3)cnn12.CN(C(=O)OC(C)(C)C)c1cc(Cl)nc2c(C(=O)O)cnn12.CNc1cc(Nc2cccn(C(C)C)c2=O)nc2c(C(=O)NC3CCC[C@@](C)(O)C3)cnn12.C[C@]1(O)CCC[C@H](N)C1. The Hall–Kier alpha value is -13.2. The van der Waals surface area contributed by atoms with E-state index in [1.54, 1.807) is 176 Å². The first-order valence-corrected chi connectivity index (χ1v) is 49.2. The Morgan fingerprint density at radius 2 is 0.821 bits per heavy atom. The molecule has 0 spiro atoms. The van der Waals surface area contributed by atoms with Gasteiger partial charge in [-0.1, -0.05) is 29.6 Å². The van der Waals surface area contributed by atoms with Crippen molar-refractivity contribution >= 4 is 140 Å². The Labute approximate surface area is 851 Å². The standard InChI is InChI=1S/C28H39N7O5.C23H31N7O3.C21H29ClN4O4.C13H15ClN4O4.C8H12N2O.C7H15NO/c1-17(2)34-13-9-11-20(25(34)37)31-21-14-22(33(7)26(38)40-27(3,4)5)35-23(32-21)19(16-29-35)24(36)30-18-10-8-12-28(6,39)15-18;1-14(2)29-10-6-8-17(22(29)32)27-18-11-19(24-4)30-20(28-18)16(13-25-30)21(31)26-15-7-5-9-23(3,33)12-15;1-20(2,3)30-19(28)25(5)17-10-16(22)24-18-14(12-23-26(17)18)15(27)9-13-7-6-8-21(4,29)11-13;1-13(2,3)22-12(21)17(4)9-5-8(14)16-10-7(11(19)20)6-15-18(9)10;1-6(2)10-5-3-4-7(9)8(10)11;1-7(9)4-2-3-6(8)5-7/h9,11,13-14,16-18,39H,8,10,12,15H2,1-7H3,(H,30,36)(H,31,32);6,8,10-11,13-15,24,33H,5,7,9,12H2,1-4H3,(H,26,31)(H,27,28);10,12-13,29H,6-9,11H2,1-5H3;5-6H,1-4H3,(H,19,20);3-6H,9H2,1-2H3;6,9H,2-5,8H2,1H3/t18?,28-;15?,23-;13?,21-;;;6-,7-/m111..0/s1. The van der Waals surface area contributed by atoms with Gasteiger partial charge in [0.1, 0.15) is 90.1 Å². The van der Waals surface area contributed by atoms with E-state index in [-0.39, 0.29) is 126 Å². The fourth-order valence-corrected chi connectivity index (χ4v) is 17.7. The number of nitrogens with one attached hydrogen (secondary N) is 5. The van der Waals surface area contributed by atoms with Crippen LogP contribution in [0.2, 0.25) is 10.3 Å². The highest BCUT2D eigenvalue weighted by Gasteiger charge is 2.38. The monoisotopic (exact) mass is 2050 g/mol. The molecular formula is C100H141Cl2N25O18. The average molecular weight is 2050 g/mol. The second-order valence-corrected chi connectivity index (χ2v) is 43.0. The summed E-state index contributed by atoms with van der Waals surface area (Å²) in [5.41, 5.74) is 8.33. The third kappa shape index (κ3) is 30.7. The van der Waals surface area contributed by atoms with Gasteiger partial charge in [-0.05, 0) is 270 Å². The van der Waals surface area contributed by atoms with Crippen LogP contribution in [0.15, 0.2) is 118 Å². The van der Waals surface area contributed by atoms with Gasteiger partial charge in [-0.2, -0.15) is 38.5 Å². The van der Waals surface area contributed by atoms with Crippen molar-refractivity contribution in [3.63, 3.8) is 0 Å². The number of aromatic carboxylic acids is 1. The molecule has 11 aromatic heterocycles. The van der Waals surface area contributed by atoms with Gasteiger partial charge < -0.3 is 91.5 Å². The molecule has 5 amide bonds. The highest BCUT2D eigenvalue weighted by atomic mass is 35.5. The summed E-state index contributed by atoms with van der Waals surface area (Å²) in [7, 11) is 6.30. The molecule has 0 bridgehead atoms. The molecule has 0 saturated heterocycles. The quantitative estimate of drug-likeness (QED) is 0.0203. The number of pyridine rings is 3. The van der Waals surface area contributed by atoms with Crippen LogP contribution in [-0.4, -0.2) is 225 Å². The number of hydrogen-bond acceptors (Lipinski definition) is 30. The lowest BCUT2D eigenvalue weighted by molar-refractivity contribution is 0.000355. The molecule has 3 unspecified atom stereocenters. The van der Waals surface area contributed by atoms with Crippen LogP contribution in [0.3, 0.4) is 0 Å². The lowest BCUT2D eigenvalue weighted by Crippen LogP contribution is -2.44. The van der Waals surface area contributed by atoms with E-state index in [0.29, 0.717) is 83.4 Å². The Balaban J connectivity index is 0.000000188. The molecule has 15 rings (SSSR count). The Morgan fingerprint density at radius 1 is 0.476 bits per heavy atom. The molecule has 788 valence electrons. The van der Waals surface area contributed by atoms with Crippen molar-refractivity contribution in [3.8, 4) is 0 Å². The molecule has 14 N–H and O–H groups in total. The van der Waals surface area contributed by atoms with Gasteiger partial charge in [-0.15, -0.1) is 0 Å². The number of rotatable bonds is 19. The minimum atomic E-state index is -1.18. The van der Waals surface area contributed by atoms with Crippen molar-refractivity contribution in [3.05, 3.63) is 168 Å². The number of carboxylic acids is 1. The number of nitrogens with zero attached hydrogens (tertiary/aromatic N) is 18. The van der Waals surface area contributed by atoms with Crippen molar-refractivity contribution in [1.82, 2.24) is 82.7 Å². The third-order valence-electron chi connectivity index (χ3n) is 24.3. The summed E-state index contributed by atoms with van der Waals surface area (Å²) in [5.74, 6) is 0.284. The van der Waals surface area contributed by atoms with Crippen molar-refractivity contribution in [1.29, 1.82) is 0 Å². The molecule has 4 aliphatic carbocycles. The molecule has 145 heavy (non-hydrogen) atoms. The number of amides is 5. The molecule has 4 fully saturated rings. The predicted molar refractivity (Wildman–Crippen MR) is 556 cm³/mol. The molecule has 11 heterocycles. The lowest BCUT2D eigenvalue weighted by atomic mass is 9.77. The number of aliphatic hydroxyl groups is 4. The number of Topliss-reactive ketones (excluding diaryl/α,β-unsaturated/α-hetero) is 1. The predicted octanol–water partition coefficient (Wildman–Crippen LogP) is 15.1. The van der Waals surface area contributed by atoms with Gasteiger partial charge in [0.25, 0.3) is 28.5 Å². The zero-order valence-electron chi connectivity index (χ0n) is 86.9. The maximum Gasteiger partial charge on any atom is 0.415 e. The van der Waals surface area contributed by atoms with E-state index < -0.39 is 69.4 Å². The van der Waals surface area contributed by atoms with Gasteiger partial charge in [0.2, 0.25) is 0 Å². The normalized spacial score (nSPS) is 20.0. The van der Waals surface area contributed by atoms with E-state index in [2.05, 4.69) is 66.9 Å². The molecule has 4 saturated carbocycles. The number of ether oxygens (including phenoxy) is 3. The number of ketones is 1. The number of anilines is 9. The molecule has 43 nitrogen and oxygen atoms in total. The number of halogens is 2. The topological polar surface area (TPSA) is 557 Å². The maximum atomic E-state index is 13.4. The molecule has 8 atom stereocenters. The first kappa shape index (κ1) is 114. The number of fused-ring (bicyclic) bond motifs is 4. The Morgan fingerprint density at radius 3 is 1.19 bits per heavy atom. The highest BCUT2D eigenvalue weighted by molar-refractivity contribution is 6.30. The van der Waals surface area contributed by atoms with E-state index >= 15 is 0 Å².